The highest BCUT2D eigenvalue weighted by Crippen LogP contribution is 2.54. The quantitative estimate of drug-likeness (QED) is 0.408. The third-order valence-corrected chi connectivity index (χ3v) is 7.84. The third-order valence-electron chi connectivity index (χ3n) is 5.34. The molecule has 0 radical (unpaired) electrons. The van der Waals surface area contributed by atoms with Gasteiger partial charge in [0.1, 0.15) is 5.82 Å². The van der Waals surface area contributed by atoms with E-state index in [4.69, 9.17) is 11.6 Å². The number of thioether (sulfide) groups is 1. The topological polar surface area (TPSA) is 41.9 Å². The molecule has 0 N–H and O–H groups in total. The van der Waals surface area contributed by atoms with Crippen LogP contribution in [0, 0.1) is 17.8 Å². The van der Waals surface area contributed by atoms with E-state index in [0.717, 1.165) is 21.7 Å². The number of para-hydroxylation sites is 1. The molecule has 1 aromatic carbocycles. The highest BCUT2D eigenvalue weighted by molar-refractivity contribution is 8.01. The molecular formula is C18H14ClF3N4S2. The average molecular weight is 443 g/mol. The first-order valence-corrected chi connectivity index (χ1v) is 10.9. The number of hydrogen-bond acceptors (Lipinski definition) is 6. The van der Waals surface area contributed by atoms with Crippen LogP contribution in [0.15, 0.2) is 34.7 Å². The predicted molar refractivity (Wildman–Crippen MR) is 105 cm³/mol. The smallest absolute Gasteiger partial charge is 0.356 e. The van der Waals surface area contributed by atoms with Gasteiger partial charge in [-0.05, 0) is 41.5 Å². The molecule has 3 atom stereocenters. The molecule has 2 fully saturated rings. The van der Waals surface area contributed by atoms with Crippen LogP contribution in [-0.2, 0) is 6.18 Å². The molecule has 3 aromatic rings. The lowest BCUT2D eigenvalue weighted by molar-refractivity contribution is -0.141. The van der Waals surface area contributed by atoms with Gasteiger partial charge in [0, 0.05) is 24.9 Å². The lowest BCUT2D eigenvalue weighted by Crippen LogP contribution is -2.26. The number of thiazole rings is 1. The molecule has 1 saturated heterocycles. The Kier molecular flexibility index (Phi) is 4.44. The van der Waals surface area contributed by atoms with Crippen molar-refractivity contribution in [2.24, 2.45) is 17.8 Å². The fraction of sp³-hybridized carbons (Fsp3) is 0.389. The van der Waals surface area contributed by atoms with E-state index in [0.29, 0.717) is 30.8 Å². The first kappa shape index (κ1) is 18.4. The van der Waals surface area contributed by atoms with Crippen molar-refractivity contribution >= 4 is 50.7 Å². The molecule has 4 nitrogen and oxygen atoms in total. The van der Waals surface area contributed by atoms with Gasteiger partial charge in [-0.15, -0.1) is 11.3 Å². The summed E-state index contributed by atoms with van der Waals surface area (Å²) >= 11 is 9.18. The standard InChI is InChI=1S/C18H14ClF3N4S2/c19-16-24-14(18(20,21)22)5-15(25-16)26-6-9-10(7-26)11(9)8-27-17-23-12-3-1-2-4-13(12)28-17/h1-5,9-11H,6-8H2/t9-,10+,11-. The average Bonchev–Trinajstić information content (AvgIpc) is 3.00. The first-order valence-electron chi connectivity index (χ1n) is 8.73. The van der Waals surface area contributed by atoms with Crippen molar-refractivity contribution in [3.8, 4) is 0 Å². The predicted octanol–water partition coefficient (Wildman–Crippen LogP) is 5.23. The minimum atomic E-state index is -4.53. The summed E-state index contributed by atoms with van der Waals surface area (Å²) in [7, 11) is 0. The molecule has 2 aliphatic rings. The number of alkyl halides is 3. The van der Waals surface area contributed by atoms with Gasteiger partial charge in [-0.3, -0.25) is 0 Å². The minimum absolute atomic E-state index is 0.261. The Balaban J connectivity index is 1.21. The van der Waals surface area contributed by atoms with Gasteiger partial charge < -0.3 is 4.90 Å². The Labute approximate surface area is 172 Å². The van der Waals surface area contributed by atoms with Crippen LogP contribution in [0.1, 0.15) is 5.69 Å². The molecule has 1 aliphatic carbocycles. The fourth-order valence-corrected chi connectivity index (χ4v) is 6.45. The Morgan fingerprint density at radius 1 is 1.14 bits per heavy atom. The number of fused-ring (bicyclic) bond motifs is 2. The van der Waals surface area contributed by atoms with Crippen LogP contribution in [0.4, 0.5) is 19.0 Å². The second-order valence-corrected chi connectivity index (χ2v) is 9.67. The lowest BCUT2D eigenvalue weighted by atomic mass is 10.3. The largest absolute Gasteiger partial charge is 0.433 e. The zero-order valence-corrected chi connectivity index (χ0v) is 16.7. The van der Waals surface area contributed by atoms with Crippen LogP contribution in [-0.4, -0.2) is 33.8 Å². The third kappa shape index (κ3) is 3.44. The molecule has 28 heavy (non-hydrogen) atoms. The lowest BCUT2D eigenvalue weighted by Gasteiger charge is -2.21. The molecule has 0 amide bonds. The van der Waals surface area contributed by atoms with E-state index >= 15 is 0 Å². The molecule has 146 valence electrons. The number of rotatable bonds is 4. The van der Waals surface area contributed by atoms with Gasteiger partial charge in [-0.25, -0.2) is 15.0 Å². The summed E-state index contributed by atoms with van der Waals surface area (Å²) in [6, 6.07) is 9.07. The molecule has 5 rings (SSSR count). The normalized spacial score (nSPS) is 24.0. The zero-order valence-electron chi connectivity index (χ0n) is 14.4. The van der Waals surface area contributed by atoms with Gasteiger partial charge in [0.2, 0.25) is 5.28 Å². The molecule has 0 spiro atoms. The van der Waals surface area contributed by atoms with E-state index in [9.17, 15) is 13.2 Å². The van der Waals surface area contributed by atoms with Crippen molar-refractivity contribution in [2.45, 2.75) is 10.5 Å². The van der Waals surface area contributed by atoms with Crippen molar-refractivity contribution < 1.29 is 13.2 Å². The van der Waals surface area contributed by atoms with Crippen LogP contribution >= 0.6 is 34.7 Å². The van der Waals surface area contributed by atoms with E-state index in [1.165, 1.54) is 4.70 Å². The number of nitrogens with zero attached hydrogens (tertiary/aromatic N) is 4. The van der Waals surface area contributed by atoms with Gasteiger partial charge in [-0.1, -0.05) is 23.9 Å². The number of benzene rings is 1. The van der Waals surface area contributed by atoms with Gasteiger partial charge in [0.15, 0.2) is 10.0 Å². The van der Waals surface area contributed by atoms with E-state index in [2.05, 4.69) is 21.0 Å². The Hall–Kier alpha value is -1.58. The monoisotopic (exact) mass is 442 g/mol. The number of piperidine rings is 1. The van der Waals surface area contributed by atoms with Crippen molar-refractivity contribution in [1.29, 1.82) is 0 Å². The summed E-state index contributed by atoms with van der Waals surface area (Å²) in [6.07, 6.45) is -4.53. The van der Waals surface area contributed by atoms with E-state index in [-0.39, 0.29) is 11.1 Å². The van der Waals surface area contributed by atoms with Gasteiger partial charge >= 0.3 is 6.18 Å². The SMILES string of the molecule is FC(F)(F)c1cc(N2C[C@@H]3[C@H](CSc4nc5ccccc5s4)[C@@H]3C2)nc(Cl)n1. The molecule has 0 unspecified atom stereocenters. The number of hydrogen-bond donors (Lipinski definition) is 0. The summed E-state index contributed by atoms with van der Waals surface area (Å²) in [5, 5.41) is -0.367. The summed E-state index contributed by atoms with van der Waals surface area (Å²) in [6.45, 7) is 1.42. The minimum Gasteiger partial charge on any atom is -0.356 e. The maximum absolute atomic E-state index is 12.9. The number of aromatic nitrogens is 3. The molecule has 0 bridgehead atoms. The van der Waals surface area contributed by atoms with E-state index in [1.54, 1.807) is 23.1 Å². The van der Waals surface area contributed by atoms with Crippen molar-refractivity contribution in [1.82, 2.24) is 15.0 Å². The van der Waals surface area contributed by atoms with Gasteiger partial charge in [0.25, 0.3) is 0 Å². The van der Waals surface area contributed by atoms with E-state index < -0.39 is 11.9 Å². The summed E-state index contributed by atoms with van der Waals surface area (Å²) in [5.74, 6) is 2.81. The van der Waals surface area contributed by atoms with Gasteiger partial charge in [-0.2, -0.15) is 13.2 Å². The highest BCUT2D eigenvalue weighted by Gasteiger charge is 2.55. The molecule has 1 saturated carbocycles. The molecule has 2 aromatic heterocycles. The Morgan fingerprint density at radius 3 is 2.61 bits per heavy atom. The molecule has 3 heterocycles. The summed E-state index contributed by atoms with van der Waals surface area (Å²) in [5.41, 5.74) is 0.0318. The van der Waals surface area contributed by atoms with Gasteiger partial charge in [0.05, 0.1) is 10.2 Å². The highest BCUT2D eigenvalue weighted by atomic mass is 35.5. The van der Waals surface area contributed by atoms with Crippen LogP contribution in [0.5, 0.6) is 0 Å². The molecule has 10 heteroatoms. The Morgan fingerprint density at radius 2 is 1.89 bits per heavy atom. The van der Waals surface area contributed by atoms with Crippen LogP contribution in [0.2, 0.25) is 5.28 Å². The number of anilines is 1. The Bertz CT molecular complexity index is 996. The van der Waals surface area contributed by atoms with Crippen LogP contribution in [0.25, 0.3) is 10.2 Å². The zero-order chi connectivity index (χ0) is 19.5. The second-order valence-electron chi connectivity index (χ2n) is 7.03. The van der Waals surface area contributed by atoms with Crippen molar-refractivity contribution in [3.05, 3.63) is 41.3 Å². The van der Waals surface area contributed by atoms with Crippen LogP contribution in [0.3, 0.4) is 0 Å². The van der Waals surface area contributed by atoms with Crippen molar-refractivity contribution in [3.63, 3.8) is 0 Å². The van der Waals surface area contributed by atoms with E-state index in [1.807, 2.05) is 23.1 Å². The number of halogens is 4. The second kappa shape index (κ2) is 6.74. The molecular weight excluding hydrogens is 429 g/mol. The fourth-order valence-electron chi connectivity index (χ4n) is 3.88. The first-order chi connectivity index (χ1) is 13.4. The summed E-state index contributed by atoms with van der Waals surface area (Å²) < 4.78 is 41.1. The summed E-state index contributed by atoms with van der Waals surface area (Å²) in [4.78, 5) is 13.8. The molecule has 1 aliphatic heterocycles. The maximum atomic E-state index is 12.9. The maximum Gasteiger partial charge on any atom is 0.433 e. The van der Waals surface area contributed by atoms with Crippen LogP contribution < -0.4 is 4.90 Å². The van der Waals surface area contributed by atoms with Crippen molar-refractivity contribution in [2.75, 3.05) is 23.7 Å².